The Hall–Kier alpha value is -2.61. The number of carbonyl (C=O) groups is 1. The highest BCUT2D eigenvalue weighted by Crippen LogP contribution is 2.30. The fourth-order valence-corrected chi connectivity index (χ4v) is 3.19. The van der Waals surface area contributed by atoms with Crippen LogP contribution in [-0.4, -0.2) is 44.5 Å². The molecule has 0 saturated carbocycles. The summed E-state index contributed by atoms with van der Waals surface area (Å²) in [5.41, 5.74) is -0.479. The highest BCUT2D eigenvalue weighted by atomic mass is 16.5. The van der Waals surface area contributed by atoms with Gasteiger partial charge in [0.1, 0.15) is 17.3 Å². The number of nitrogens with one attached hydrogen (secondary N) is 1. The Morgan fingerprint density at radius 1 is 1.15 bits per heavy atom. The van der Waals surface area contributed by atoms with E-state index in [0.29, 0.717) is 57.0 Å². The van der Waals surface area contributed by atoms with Crippen LogP contribution >= 0.6 is 0 Å². The highest BCUT2D eigenvalue weighted by Gasteiger charge is 2.42. The molecular formula is C19H21N3O4. The van der Waals surface area contributed by atoms with Gasteiger partial charge in [-0.1, -0.05) is 0 Å². The topological polar surface area (TPSA) is 104 Å². The van der Waals surface area contributed by atoms with Crippen LogP contribution in [0.2, 0.25) is 0 Å². The van der Waals surface area contributed by atoms with Crippen molar-refractivity contribution in [2.45, 2.75) is 31.4 Å². The number of benzene rings is 1. The second-order valence-corrected chi connectivity index (χ2v) is 6.54. The Bertz CT molecular complexity index is 714. The largest absolute Gasteiger partial charge is 0.486 e. The molecule has 0 aromatic heterocycles. The Kier molecular flexibility index (Phi) is 5.72. The average molecular weight is 355 g/mol. The number of nitrogens with zero attached hydrogens (tertiary/aromatic N) is 2. The van der Waals surface area contributed by atoms with E-state index in [0.717, 1.165) is 0 Å². The molecule has 1 aromatic rings. The molecule has 1 aromatic carbocycles. The van der Waals surface area contributed by atoms with Crippen molar-refractivity contribution in [3.05, 3.63) is 29.8 Å². The van der Waals surface area contributed by atoms with Gasteiger partial charge in [0.15, 0.2) is 0 Å². The van der Waals surface area contributed by atoms with Crippen molar-refractivity contribution in [3.8, 4) is 17.9 Å². The number of nitriles is 2. The van der Waals surface area contributed by atoms with Crippen molar-refractivity contribution < 1.29 is 19.0 Å². The minimum absolute atomic E-state index is 0.236. The van der Waals surface area contributed by atoms with Gasteiger partial charge in [-0.2, -0.15) is 10.5 Å². The Balaban J connectivity index is 1.67. The van der Waals surface area contributed by atoms with Crippen LogP contribution in [0.15, 0.2) is 24.3 Å². The van der Waals surface area contributed by atoms with Crippen molar-refractivity contribution in [1.82, 2.24) is 5.32 Å². The monoisotopic (exact) mass is 355 g/mol. The number of amides is 1. The molecule has 0 aliphatic carbocycles. The molecule has 2 aliphatic heterocycles. The minimum atomic E-state index is -1.03. The first kappa shape index (κ1) is 18.2. The molecule has 3 rings (SSSR count). The molecule has 7 heteroatoms. The molecule has 0 unspecified atom stereocenters. The van der Waals surface area contributed by atoms with Crippen LogP contribution in [0.3, 0.4) is 0 Å². The zero-order valence-electron chi connectivity index (χ0n) is 14.4. The first-order chi connectivity index (χ1) is 12.7. The van der Waals surface area contributed by atoms with Crippen molar-refractivity contribution in [2.24, 2.45) is 5.41 Å². The van der Waals surface area contributed by atoms with Crippen molar-refractivity contribution in [1.29, 1.82) is 10.5 Å². The van der Waals surface area contributed by atoms with E-state index < -0.39 is 5.41 Å². The second kappa shape index (κ2) is 8.18. The van der Waals surface area contributed by atoms with Gasteiger partial charge in [0, 0.05) is 19.8 Å². The van der Waals surface area contributed by atoms with E-state index in [1.165, 1.54) is 0 Å². The molecule has 136 valence electrons. The van der Waals surface area contributed by atoms with Crippen LogP contribution in [0.1, 0.15) is 24.8 Å². The molecule has 1 N–H and O–H groups in total. The summed E-state index contributed by atoms with van der Waals surface area (Å²) >= 11 is 0. The third-order valence-electron chi connectivity index (χ3n) is 4.89. The zero-order chi connectivity index (χ0) is 18.4. The third-order valence-corrected chi connectivity index (χ3v) is 4.89. The summed E-state index contributed by atoms with van der Waals surface area (Å²) in [6.45, 7) is 1.72. The van der Waals surface area contributed by atoms with Gasteiger partial charge in [-0.3, -0.25) is 4.79 Å². The predicted molar refractivity (Wildman–Crippen MR) is 91.0 cm³/mol. The van der Waals surface area contributed by atoms with Crippen LogP contribution in [0.5, 0.6) is 5.75 Å². The number of ether oxygens (including phenoxy) is 3. The van der Waals surface area contributed by atoms with Gasteiger partial charge >= 0.3 is 0 Å². The first-order valence-electron chi connectivity index (χ1n) is 8.71. The summed E-state index contributed by atoms with van der Waals surface area (Å²) < 4.78 is 16.7. The minimum Gasteiger partial charge on any atom is -0.486 e. The standard InChI is InChI=1S/C19H21N3O4/c20-11-14-1-3-15(4-2-14)26-17-12-25-8-5-16(17)22-18(23)19(13-21)6-9-24-10-7-19/h1-4,16-17H,5-10,12H2,(H,22,23)/t16-,17-/m1/s1. The summed E-state index contributed by atoms with van der Waals surface area (Å²) in [5, 5.41) is 21.4. The lowest BCUT2D eigenvalue weighted by molar-refractivity contribution is -0.135. The van der Waals surface area contributed by atoms with Crippen molar-refractivity contribution in [3.63, 3.8) is 0 Å². The number of carbonyl (C=O) groups excluding carboxylic acids is 1. The molecule has 2 saturated heterocycles. The van der Waals surface area contributed by atoms with Gasteiger partial charge < -0.3 is 19.5 Å². The molecule has 0 radical (unpaired) electrons. The summed E-state index contributed by atoms with van der Waals surface area (Å²) in [6.07, 6.45) is 1.07. The number of hydrogen-bond donors (Lipinski definition) is 1. The molecule has 0 spiro atoms. The second-order valence-electron chi connectivity index (χ2n) is 6.54. The number of rotatable bonds is 4. The molecule has 1 amide bonds. The fraction of sp³-hybridized carbons (Fsp3) is 0.526. The van der Waals surface area contributed by atoms with Gasteiger partial charge in [0.2, 0.25) is 5.91 Å². The third kappa shape index (κ3) is 3.96. The molecular weight excluding hydrogens is 334 g/mol. The molecule has 2 atom stereocenters. The van der Waals surface area contributed by atoms with Crippen LogP contribution < -0.4 is 10.1 Å². The molecule has 26 heavy (non-hydrogen) atoms. The maximum absolute atomic E-state index is 12.8. The molecule has 2 fully saturated rings. The summed E-state index contributed by atoms with van der Waals surface area (Å²) in [6, 6.07) is 10.8. The SMILES string of the molecule is N#Cc1ccc(O[C@@H]2COCC[C@H]2NC(=O)C2(C#N)CCOCC2)cc1. The molecule has 2 aliphatic rings. The summed E-state index contributed by atoms with van der Waals surface area (Å²) in [5.74, 6) is 0.350. The van der Waals surface area contributed by atoms with Gasteiger partial charge in [-0.25, -0.2) is 0 Å². The quantitative estimate of drug-likeness (QED) is 0.878. The van der Waals surface area contributed by atoms with E-state index >= 15 is 0 Å². The van der Waals surface area contributed by atoms with Gasteiger partial charge in [-0.05, 0) is 43.5 Å². The maximum Gasteiger partial charge on any atom is 0.241 e. The Morgan fingerprint density at radius 2 is 1.88 bits per heavy atom. The predicted octanol–water partition coefficient (Wildman–Crippen LogP) is 1.53. The molecule has 2 heterocycles. The molecule has 7 nitrogen and oxygen atoms in total. The van der Waals surface area contributed by atoms with Gasteiger partial charge in [0.25, 0.3) is 0 Å². The van der Waals surface area contributed by atoms with E-state index in [1.807, 2.05) is 0 Å². The van der Waals surface area contributed by atoms with Crippen LogP contribution in [-0.2, 0) is 14.3 Å². The Morgan fingerprint density at radius 3 is 2.54 bits per heavy atom. The molecule has 0 bridgehead atoms. The first-order valence-corrected chi connectivity index (χ1v) is 8.71. The van der Waals surface area contributed by atoms with Gasteiger partial charge in [-0.15, -0.1) is 0 Å². The van der Waals surface area contributed by atoms with Gasteiger partial charge in [0.05, 0.1) is 30.4 Å². The lowest BCUT2D eigenvalue weighted by atomic mass is 9.80. The Labute approximate surface area is 152 Å². The van der Waals surface area contributed by atoms with Crippen LogP contribution in [0.25, 0.3) is 0 Å². The van der Waals surface area contributed by atoms with E-state index in [9.17, 15) is 10.1 Å². The smallest absolute Gasteiger partial charge is 0.241 e. The summed E-state index contributed by atoms with van der Waals surface area (Å²) in [4.78, 5) is 12.8. The van der Waals surface area contributed by atoms with E-state index in [-0.39, 0.29) is 18.1 Å². The van der Waals surface area contributed by atoms with E-state index in [4.69, 9.17) is 19.5 Å². The lowest BCUT2D eigenvalue weighted by Gasteiger charge is -2.36. The van der Waals surface area contributed by atoms with Crippen molar-refractivity contribution >= 4 is 5.91 Å². The normalized spacial score (nSPS) is 24.7. The summed E-state index contributed by atoms with van der Waals surface area (Å²) in [7, 11) is 0. The zero-order valence-corrected chi connectivity index (χ0v) is 14.4. The number of hydrogen-bond acceptors (Lipinski definition) is 6. The van der Waals surface area contributed by atoms with E-state index in [1.54, 1.807) is 24.3 Å². The maximum atomic E-state index is 12.8. The fourth-order valence-electron chi connectivity index (χ4n) is 3.19. The van der Waals surface area contributed by atoms with Crippen molar-refractivity contribution in [2.75, 3.05) is 26.4 Å². The highest BCUT2D eigenvalue weighted by molar-refractivity contribution is 5.85. The average Bonchev–Trinajstić information content (AvgIpc) is 2.70. The van der Waals surface area contributed by atoms with Crippen LogP contribution in [0, 0.1) is 28.1 Å². The van der Waals surface area contributed by atoms with E-state index in [2.05, 4.69) is 17.5 Å². The lowest BCUT2D eigenvalue weighted by Crippen LogP contribution is -2.55. The van der Waals surface area contributed by atoms with Crippen LogP contribution in [0.4, 0.5) is 0 Å².